The van der Waals surface area contributed by atoms with E-state index in [0.29, 0.717) is 31.3 Å². The van der Waals surface area contributed by atoms with Gasteiger partial charge in [-0.2, -0.15) is 5.26 Å². The van der Waals surface area contributed by atoms with Crippen LogP contribution in [0.25, 0.3) is 0 Å². The van der Waals surface area contributed by atoms with Gasteiger partial charge in [0.15, 0.2) is 0 Å². The monoisotopic (exact) mass is 506 g/mol. The summed E-state index contributed by atoms with van der Waals surface area (Å²) < 4.78 is 13.2. The van der Waals surface area contributed by atoms with Crippen molar-refractivity contribution >= 4 is 19.1 Å². The van der Waals surface area contributed by atoms with E-state index in [1.54, 1.807) is 4.90 Å². The largest absolute Gasteiger partial charge is 0.482 e. The zero-order chi connectivity index (χ0) is 26.2. The SMILES string of the molecule is CC1(C)[C@@H]2CC3OB([C@H](Cc4ccccc4)NC(=O)NC[C@H]4CCCCN4C(=O)CC#N)O[C@@]3(C)[C@H]1C2. The quantitative estimate of drug-likeness (QED) is 0.552. The normalized spacial score (nSPS) is 32.5. The third-order valence-electron chi connectivity index (χ3n) is 9.59. The van der Waals surface area contributed by atoms with Gasteiger partial charge >= 0.3 is 13.1 Å². The molecule has 8 nitrogen and oxygen atoms in total. The summed E-state index contributed by atoms with van der Waals surface area (Å²) in [4.78, 5) is 27.3. The van der Waals surface area contributed by atoms with Gasteiger partial charge in [0.1, 0.15) is 6.42 Å². The summed E-state index contributed by atoms with van der Waals surface area (Å²) in [5, 5.41) is 15.1. The van der Waals surface area contributed by atoms with Crippen LogP contribution in [0.1, 0.15) is 64.9 Å². The van der Waals surface area contributed by atoms with Crippen LogP contribution in [0.2, 0.25) is 0 Å². The Morgan fingerprint density at radius 1 is 1.22 bits per heavy atom. The fraction of sp³-hybridized carbons (Fsp3) is 0.679. The zero-order valence-corrected chi connectivity index (χ0v) is 22.2. The number of carbonyl (C=O) groups is 2. The Labute approximate surface area is 220 Å². The number of benzene rings is 1. The minimum Gasteiger partial charge on any atom is -0.404 e. The molecule has 2 saturated heterocycles. The highest BCUT2D eigenvalue weighted by atomic mass is 16.7. The van der Waals surface area contributed by atoms with Gasteiger partial charge in [-0.1, -0.05) is 44.2 Å². The van der Waals surface area contributed by atoms with Crippen LogP contribution in [0.5, 0.6) is 0 Å². The Balaban J connectivity index is 1.25. The van der Waals surface area contributed by atoms with E-state index >= 15 is 0 Å². The van der Waals surface area contributed by atoms with E-state index in [0.717, 1.165) is 31.2 Å². The molecule has 2 aliphatic heterocycles. The molecule has 3 aliphatic carbocycles. The summed E-state index contributed by atoms with van der Waals surface area (Å²) >= 11 is 0. The van der Waals surface area contributed by atoms with Gasteiger partial charge in [0.05, 0.1) is 23.7 Å². The van der Waals surface area contributed by atoms with Crippen molar-refractivity contribution in [3.05, 3.63) is 35.9 Å². The minimum atomic E-state index is -0.528. The Morgan fingerprint density at radius 2 is 2.00 bits per heavy atom. The molecule has 2 N–H and O–H groups in total. The number of nitrogens with zero attached hydrogens (tertiary/aromatic N) is 2. The molecule has 37 heavy (non-hydrogen) atoms. The van der Waals surface area contributed by atoms with Crippen molar-refractivity contribution in [2.45, 2.75) is 89.4 Å². The minimum absolute atomic E-state index is 0.0411. The Kier molecular flexibility index (Phi) is 7.25. The molecule has 1 aromatic carbocycles. The van der Waals surface area contributed by atoms with Gasteiger partial charge in [0.2, 0.25) is 5.91 Å². The predicted octanol–water partition coefficient (Wildman–Crippen LogP) is 3.46. The molecule has 1 unspecified atom stereocenters. The van der Waals surface area contributed by atoms with Gasteiger partial charge < -0.3 is 24.8 Å². The number of hydrogen-bond donors (Lipinski definition) is 2. The summed E-state index contributed by atoms with van der Waals surface area (Å²) in [6.07, 6.45) is 5.42. The highest BCUT2D eigenvalue weighted by Crippen LogP contribution is 2.65. The lowest BCUT2D eigenvalue weighted by molar-refractivity contribution is -0.199. The Hall–Kier alpha value is -2.57. The molecular formula is C28H39BN4O4. The first-order chi connectivity index (χ1) is 17.7. The number of piperidine rings is 1. The molecule has 6 rings (SSSR count). The fourth-order valence-electron chi connectivity index (χ4n) is 7.29. The van der Waals surface area contributed by atoms with E-state index in [2.05, 4.69) is 43.5 Å². The standard InChI is InChI=1S/C28H39BN4O4/c1-27(2)20-16-22(27)28(3)23(17-20)36-29(37-28)24(15-19-9-5-4-6-10-19)32-26(35)31-18-21-11-7-8-14-33(21)25(34)12-13-30/h4-6,9-10,20-24H,7-8,11-12,14-18H2,1-3H3,(H2,31,32,35)/t20-,21+,22-,23?,24-,28-/m0/s1. The van der Waals surface area contributed by atoms with Crippen molar-refractivity contribution < 1.29 is 18.9 Å². The maximum absolute atomic E-state index is 13.1. The van der Waals surface area contributed by atoms with E-state index in [4.69, 9.17) is 14.6 Å². The highest BCUT2D eigenvalue weighted by Gasteiger charge is 2.68. The summed E-state index contributed by atoms with van der Waals surface area (Å²) in [6.45, 7) is 7.86. The van der Waals surface area contributed by atoms with Crippen LogP contribution in [-0.4, -0.2) is 60.7 Å². The van der Waals surface area contributed by atoms with Crippen LogP contribution in [0.4, 0.5) is 4.79 Å². The Bertz CT molecular complexity index is 1050. The third kappa shape index (κ3) is 4.98. The molecule has 0 aromatic heterocycles. The first kappa shape index (κ1) is 26.1. The van der Waals surface area contributed by atoms with Gasteiger partial charge in [0.25, 0.3) is 0 Å². The maximum Gasteiger partial charge on any atom is 0.482 e. The molecule has 6 atom stereocenters. The molecule has 5 fully saturated rings. The Morgan fingerprint density at radius 3 is 2.73 bits per heavy atom. The van der Waals surface area contributed by atoms with Crippen LogP contribution < -0.4 is 10.6 Å². The van der Waals surface area contributed by atoms with Crippen LogP contribution in [0.15, 0.2) is 30.3 Å². The van der Waals surface area contributed by atoms with E-state index in [1.165, 1.54) is 6.42 Å². The second kappa shape index (κ2) is 10.3. The van der Waals surface area contributed by atoms with Crippen LogP contribution >= 0.6 is 0 Å². The average molecular weight is 506 g/mol. The molecule has 3 saturated carbocycles. The lowest BCUT2D eigenvalue weighted by atomic mass is 9.43. The molecular weight excluding hydrogens is 467 g/mol. The number of amides is 3. The van der Waals surface area contributed by atoms with Gasteiger partial charge in [0, 0.05) is 19.1 Å². The van der Waals surface area contributed by atoms with Crippen LogP contribution in [0.3, 0.4) is 0 Å². The second-order valence-electron chi connectivity index (χ2n) is 12.1. The first-order valence-electron chi connectivity index (χ1n) is 13.8. The maximum atomic E-state index is 13.1. The van der Waals surface area contributed by atoms with Gasteiger partial charge in [-0.05, 0) is 68.3 Å². The van der Waals surface area contributed by atoms with Crippen molar-refractivity contribution in [1.29, 1.82) is 5.26 Å². The molecule has 2 bridgehead atoms. The van der Waals surface area contributed by atoms with Crippen molar-refractivity contribution in [3.8, 4) is 6.07 Å². The van der Waals surface area contributed by atoms with Crippen molar-refractivity contribution in [2.24, 2.45) is 17.3 Å². The lowest BCUT2D eigenvalue weighted by Gasteiger charge is -2.64. The highest BCUT2D eigenvalue weighted by molar-refractivity contribution is 6.48. The van der Waals surface area contributed by atoms with E-state index in [9.17, 15) is 9.59 Å². The number of nitrogens with one attached hydrogen (secondary N) is 2. The van der Waals surface area contributed by atoms with Gasteiger partial charge in [-0.25, -0.2) is 4.79 Å². The summed E-state index contributed by atoms with van der Waals surface area (Å²) in [7, 11) is -0.528. The molecule has 3 amide bonds. The summed E-state index contributed by atoms with van der Waals surface area (Å²) in [5.74, 6) is 0.584. The number of rotatable bonds is 7. The molecule has 0 spiro atoms. The van der Waals surface area contributed by atoms with Crippen molar-refractivity contribution in [3.63, 3.8) is 0 Å². The molecule has 1 aromatic rings. The predicted molar refractivity (Wildman–Crippen MR) is 140 cm³/mol. The van der Waals surface area contributed by atoms with Crippen LogP contribution in [-0.2, 0) is 20.5 Å². The smallest absolute Gasteiger partial charge is 0.404 e. The number of nitriles is 1. The van der Waals surface area contributed by atoms with Gasteiger partial charge in [-0.15, -0.1) is 0 Å². The number of hydrogen-bond acceptors (Lipinski definition) is 5. The van der Waals surface area contributed by atoms with Gasteiger partial charge in [-0.3, -0.25) is 4.79 Å². The first-order valence-corrected chi connectivity index (χ1v) is 13.8. The third-order valence-corrected chi connectivity index (χ3v) is 9.59. The van der Waals surface area contributed by atoms with E-state index in [1.807, 2.05) is 24.3 Å². The van der Waals surface area contributed by atoms with Crippen molar-refractivity contribution in [2.75, 3.05) is 13.1 Å². The molecule has 2 heterocycles. The topological polar surface area (TPSA) is 104 Å². The van der Waals surface area contributed by atoms with E-state index in [-0.39, 0.29) is 47.5 Å². The summed E-state index contributed by atoms with van der Waals surface area (Å²) in [5.41, 5.74) is 1.00. The number of carbonyl (C=O) groups excluding carboxylic acids is 2. The van der Waals surface area contributed by atoms with Crippen molar-refractivity contribution in [1.82, 2.24) is 15.5 Å². The fourth-order valence-corrected chi connectivity index (χ4v) is 7.29. The summed E-state index contributed by atoms with van der Waals surface area (Å²) in [6, 6.07) is 11.6. The molecule has 9 heteroatoms. The number of likely N-dealkylation sites (tertiary alicyclic amines) is 1. The molecule has 5 aliphatic rings. The zero-order valence-electron chi connectivity index (χ0n) is 22.2. The lowest BCUT2D eigenvalue weighted by Crippen LogP contribution is -2.65. The average Bonchev–Trinajstić information content (AvgIpc) is 3.25. The number of urea groups is 1. The second-order valence-corrected chi connectivity index (χ2v) is 12.1. The van der Waals surface area contributed by atoms with Crippen LogP contribution in [0, 0.1) is 28.6 Å². The molecule has 198 valence electrons. The van der Waals surface area contributed by atoms with E-state index < -0.39 is 7.12 Å². The molecule has 0 radical (unpaired) electrons.